The van der Waals surface area contributed by atoms with E-state index in [1.54, 1.807) is 24.3 Å². The topological polar surface area (TPSA) is 90.7 Å². The van der Waals surface area contributed by atoms with E-state index in [0.29, 0.717) is 10.8 Å². The highest BCUT2D eigenvalue weighted by Crippen LogP contribution is 2.21. The molecule has 1 heterocycles. The highest BCUT2D eigenvalue weighted by Gasteiger charge is 2.41. The van der Waals surface area contributed by atoms with Gasteiger partial charge in [-0.3, -0.25) is 9.59 Å². The van der Waals surface area contributed by atoms with Crippen LogP contribution in [0.25, 0.3) is 0 Å². The summed E-state index contributed by atoms with van der Waals surface area (Å²) in [6.07, 6.45) is 0.0552. The Morgan fingerprint density at radius 2 is 2.00 bits per heavy atom. The number of nitrogens with two attached hydrogens (primary N) is 1. The third kappa shape index (κ3) is 3.85. The number of ether oxygens (including phenoxy) is 2. The third-order valence-corrected chi connectivity index (χ3v) is 3.11. The van der Waals surface area contributed by atoms with Crippen molar-refractivity contribution in [2.24, 2.45) is 5.73 Å². The first-order chi connectivity index (χ1) is 9.49. The second-order valence-electron chi connectivity index (χ2n) is 4.71. The Bertz CT molecular complexity index is 500. The number of hydrogen-bond donors (Lipinski definition) is 2. The zero-order valence-electron chi connectivity index (χ0n) is 10.7. The van der Waals surface area contributed by atoms with Gasteiger partial charge in [0.05, 0.1) is 25.2 Å². The van der Waals surface area contributed by atoms with Gasteiger partial charge in [0.15, 0.2) is 6.61 Å². The summed E-state index contributed by atoms with van der Waals surface area (Å²) in [4.78, 5) is 22.8. The van der Waals surface area contributed by atoms with Crippen molar-refractivity contribution in [1.29, 1.82) is 0 Å². The highest BCUT2D eigenvalue weighted by atomic mass is 35.5. The second-order valence-corrected chi connectivity index (χ2v) is 5.14. The maximum Gasteiger partial charge on any atom is 0.258 e. The zero-order valence-corrected chi connectivity index (χ0v) is 11.5. The standard InChI is InChI=1S/C13H15ClN2O4/c14-9-1-3-10(4-2-9)20-6-12(18)16-13(5-11(15)17)7-19-8-13/h1-4H,5-8H2,(H2,15,17)(H,16,18). The van der Waals surface area contributed by atoms with Gasteiger partial charge in [-0.25, -0.2) is 0 Å². The SMILES string of the molecule is NC(=O)CC1(NC(=O)COc2ccc(Cl)cc2)COC1. The van der Waals surface area contributed by atoms with E-state index >= 15 is 0 Å². The second kappa shape index (κ2) is 6.11. The molecule has 1 saturated heterocycles. The fourth-order valence-corrected chi connectivity index (χ4v) is 2.04. The van der Waals surface area contributed by atoms with Crippen molar-refractivity contribution >= 4 is 23.4 Å². The Morgan fingerprint density at radius 1 is 1.35 bits per heavy atom. The number of nitrogens with one attached hydrogen (secondary N) is 1. The summed E-state index contributed by atoms with van der Waals surface area (Å²) >= 11 is 5.74. The van der Waals surface area contributed by atoms with Gasteiger partial charge in [-0.1, -0.05) is 11.6 Å². The van der Waals surface area contributed by atoms with Gasteiger partial charge in [0.25, 0.3) is 5.91 Å². The maximum absolute atomic E-state index is 11.8. The molecule has 1 aromatic rings. The zero-order chi connectivity index (χ0) is 14.6. The largest absolute Gasteiger partial charge is 0.484 e. The van der Waals surface area contributed by atoms with Crippen LogP contribution in [0.15, 0.2) is 24.3 Å². The molecule has 0 aromatic heterocycles. The van der Waals surface area contributed by atoms with Crippen molar-refractivity contribution < 1.29 is 19.1 Å². The molecule has 7 heteroatoms. The minimum Gasteiger partial charge on any atom is -0.484 e. The van der Waals surface area contributed by atoms with Gasteiger partial charge in [0.1, 0.15) is 5.75 Å². The van der Waals surface area contributed by atoms with E-state index in [9.17, 15) is 9.59 Å². The van der Waals surface area contributed by atoms with Crippen LogP contribution in [-0.4, -0.2) is 37.2 Å². The third-order valence-electron chi connectivity index (χ3n) is 2.86. The molecule has 1 aromatic carbocycles. The number of amides is 2. The summed E-state index contributed by atoms with van der Waals surface area (Å²) in [5, 5.41) is 3.32. The lowest BCUT2D eigenvalue weighted by Gasteiger charge is -2.41. The average molecular weight is 299 g/mol. The van der Waals surface area contributed by atoms with Gasteiger partial charge < -0.3 is 20.5 Å². The predicted octanol–water partition coefficient (Wildman–Crippen LogP) is 0.479. The molecule has 1 aliphatic heterocycles. The van der Waals surface area contributed by atoms with Crippen LogP contribution in [0.5, 0.6) is 5.75 Å². The lowest BCUT2D eigenvalue weighted by atomic mass is 9.92. The molecule has 1 aliphatic rings. The van der Waals surface area contributed by atoms with Crippen molar-refractivity contribution in [1.82, 2.24) is 5.32 Å². The van der Waals surface area contributed by atoms with E-state index in [4.69, 9.17) is 26.8 Å². The molecule has 0 spiro atoms. The predicted molar refractivity (Wildman–Crippen MR) is 72.5 cm³/mol. The van der Waals surface area contributed by atoms with Crippen LogP contribution in [0.3, 0.4) is 0 Å². The molecule has 2 rings (SSSR count). The molecule has 0 aliphatic carbocycles. The molecule has 20 heavy (non-hydrogen) atoms. The number of halogens is 1. The Kier molecular flexibility index (Phi) is 4.46. The first-order valence-corrected chi connectivity index (χ1v) is 6.42. The molecule has 1 fully saturated rings. The lowest BCUT2D eigenvalue weighted by molar-refractivity contribution is -0.139. The molecule has 3 N–H and O–H groups in total. The summed E-state index contributed by atoms with van der Waals surface area (Å²) in [5.41, 5.74) is 4.47. The molecule has 0 unspecified atom stereocenters. The van der Waals surface area contributed by atoms with Gasteiger partial charge in [-0.15, -0.1) is 0 Å². The van der Waals surface area contributed by atoms with Crippen molar-refractivity contribution in [2.45, 2.75) is 12.0 Å². The van der Waals surface area contributed by atoms with Crippen molar-refractivity contribution in [3.05, 3.63) is 29.3 Å². The fourth-order valence-electron chi connectivity index (χ4n) is 1.91. The minimum absolute atomic E-state index is 0.0552. The molecule has 0 bridgehead atoms. The minimum atomic E-state index is -0.688. The Balaban J connectivity index is 1.83. The molecule has 0 atom stereocenters. The smallest absolute Gasteiger partial charge is 0.258 e. The molecular weight excluding hydrogens is 284 g/mol. The van der Waals surface area contributed by atoms with E-state index in [2.05, 4.69) is 5.32 Å². The Labute approximate surface area is 121 Å². The normalized spacial score (nSPS) is 16.1. The van der Waals surface area contributed by atoms with Crippen molar-refractivity contribution in [3.8, 4) is 5.75 Å². The van der Waals surface area contributed by atoms with Gasteiger partial charge in [-0.2, -0.15) is 0 Å². The number of carbonyl (C=O) groups excluding carboxylic acids is 2. The van der Waals surface area contributed by atoms with Crippen LogP contribution in [-0.2, 0) is 14.3 Å². The molecule has 2 amide bonds. The number of hydrogen-bond acceptors (Lipinski definition) is 4. The average Bonchev–Trinajstić information content (AvgIpc) is 2.35. The Hall–Kier alpha value is -1.79. The Morgan fingerprint density at radius 3 is 2.50 bits per heavy atom. The van der Waals surface area contributed by atoms with Crippen LogP contribution < -0.4 is 15.8 Å². The molecule has 0 radical (unpaired) electrons. The summed E-state index contributed by atoms with van der Waals surface area (Å²) in [5.74, 6) is -0.268. The molecule has 0 saturated carbocycles. The number of benzene rings is 1. The van der Waals surface area contributed by atoms with E-state index in [-0.39, 0.29) is 32.1 Å². The van der Waals surface area contributed by atoms with Crippen LogP contribution in [0.4, 0.5) is 0 Å². The molecular formula is C13H15ClN2O4. The van der Waals surface area contributed by atoms with Crippen molar-refractivity contribution in [3.63, 3.8) is 0 Å². The van der Waals surface area contributed by atoms with Crippen LogP contribution >= 0.6 is 11.6 Å². The van der Waals surface area contributed by atoms with Crippen molar-refractivity contribution in [2.75, 3.05) is 19.8 Å². The van der Waals surface area contributed by atoms with Crippen LogP contribution in [0.2, 0.25) is 5.02 Å². The van der Waals surface area contributed by atoms with Gasteiger partial charge in [0.2, 0.25) is 5.91 Å². The number of carbonyl (C=O) groups is 2. The summed E-state index contributed by atoms with van der Waals surface area (Å²) in [7, 11) is 0. The van der Waals surface area contributed by atoms with Crippen LogP contribution in [0, 0.1) is 0 Å². The molecule has 108 valence electrons. The maximum atomic E-state index is 11.8. The van der Waals surface area contributed by atoms with Gasteiger partial charge >= 0.3 is 0 Å². The first kappa shape index (κ1) is 14.6. The summed E-state index contributed by atoms with van der Waals surface area (Å²) in [6.45, 7) is 0.410. The highest BCUT2D eigenvalue weighted by molar-refractivity contribution is 6.30. The van der Waals surface area contributed by atoms with Gasteiger partial charge in [0, 0.05) is 5.02 Å². The van der Waals surface area contributed by atoms with E-state index in [0.717, 1.165) is 0 Å². The fraction of sp³-hybridized carbons (Fsp3) is 0.385. The lowest BCUT2D eigenvalue weighted by Crippen LogP contribution is -2.64. The van der Waals surface area contributed by atoms with E-state index in [1.807, 2.05) is 0 Å². The number of rotatable bonds is 6. The molecule has 6 nitrogen and oxygen atoms in total. The summed E-state index contributed by atoms with van der Waals surface area (Å²) in [6, 6.07) is 6.68. The van der Waals surface area contributed by atoms with Crippen LogP contribution in [0.1, 0.15) is 6.42 Å². The van der Waals surface area contributed by atoms with Gasteiger partial charge in [-0.05, 0) is 24.3 Å². The van der Waals surface area contributed by atoms with E-state index in [1.165, 1.54) is 0 Å². The summed E-state index contributed by atoms with van der Waals surface area (Å²) < 4.78 is 10.4. The quantitative estimate of drug-likeness (QED) is 0.799. The monoisotopic (exact) mass is 298 g/mol. The first-order valence-electron chi connectivity index (χ1n) is 6.05. The van der Waals surface area contributed by atoms with E-state index < -0.39 is 11.4 Å². The number of primary amides is 1.